The van der Waals surface area contributed by atoms with Crippen molar-refractivity contribution in [3.05, 3.63) is 23.8 Å². The molecule has 0 bridgehead atoms. The minimum Gasteiger partial charge on any atom is -0.491 e. The van der Waals surface area contributed by atoms with Gasteiger partial charge in [0.05, 0.1) is 6.10 Å². The van der Waals surface area contributed by atoms with Crippen LogP contribution in [0.15, 0.2) is 23.1 Å². The minimum atomic E-state index is -0.908. The molecule has 0 radical (unpaired) electrons. The van der Waals surface area contributed by atoms with E-state index >= 15 is 0 Å². The van der Waals surface area contributed by atoms with E-state index in [1.165, 1.54) is 0 Å². The molecule has 100 valence electrons. The number of benzene rings is 1. The Balaban J connectivity index is 2.40. The number of ether oxygens (including phenoxy) is 1. The predicted molar refractivity (Wildman–Crippen MR) is 75.1 cm³/mol. The van der Waals surface area contributed by atoms with E-state index in [-0.39, 0.29) is 12.6 Å². The lowest BCUT2D eigenvalue weighted by Gasteiger charge is -2.27. The van der Waals surface area contributed by atoms with Gasteiger partial charge >= 0.3 is 0 Å². The van der Waals surface area contributed by atoms with Gasteiger partial charge < -0.3 is 15.6 Å². The van der Waals surface area contributed by atoms with Crippen LogP contribution in [0.25, 0.3) is 0 Å². The summed E-state index contributed by atoms with van der Waals surface area (Å²) in [7, 11) is 0. The molecule has 1 aliphatic rings. The second-order valence-corrected chi connectivity index (χ2v) is 6.15. The van der Waals surface area contributed by atoms with Gasteiger partial charge in [0.15, 0.2) is 0 Å². The van der Waals surface area contributed by atoms with Crippen LogP contribution in [0.5, 0.6) is 5.75 Å². The predicted octanol–water partition coefficient (Wildman–Crippen LogP) is 2.51. The molecule has 3 nitrogen and oxygen atoms in total. The highest BCUT2D eigenvalue weighted by molar-refractivity contribution is 7.99. The maximum Gasteiger partial charge on any atom is 0.120 e. The fourth-order valence-corrected chi connectivity index (χ4v) is 3.31. The quantitative estimate of drug-likeness (QED) is 0.883. The molecule has 0 amide bonds. The molecule has 2 rings (SSSR count). The lowest BCUT2D eigenvalue weighted by molar-refractivity contribution is 0.0341. The Labute approximate surface area is 113 Å². The highest BCUT2D eigenvalue weighted by Gasteiger charge is 2.32. The normalized spacial score (nSPS) is 23.6. The van der Waals surface area contributed by atoms with Crippen LogP contribution in [0.4, 0.5) is 0 Å². The summed E-state index contributed by atoms with van der Waals surface area (Å²) < 4.78 is 5.70. The van der Waals surface area contributed by atoms with Crippen LogP contribution in [-0.2, 0) is 5.60 Å². The zero-order valence-corrected chi connectivity index (χ0v) is 11.8. The van der Waals surface area contributed by atoms with Crippen molar-refractivity contribution in [2.45, 2.75) is 43.3 Å². The molecule has 1 heterocycles. The minimum absolute atomic E-state index is 0.132. The molecule has 0 fully saturated rings. The first-order valence-electron chi connectivity index (χ1n) is 6.41. The van der Waals surface area contributed by atoms with E-state index in [2.05, 4.69) is 0 Å². The lowest BCUT2D eigenvalue weighted by Crippen LogP contribution is -2.34. The molecular formula is C14H21NO2S. The number of thioether (sulfide) groups is 1. The molecule has 0 aromatic heterocycles. The molecule has 1 aromatic carbocycles. The maximum absolute atomic E-state index is 10.7. The van der Waals surface area contributed by atoms with Crippen LogP contribution in [-0.4, -0.2) is 23.5 Å². The Bertz CT molecular complexity index is 422. The lowest BCUT2D eigenvalue weighted by atomic mass is 9.89. The van der Waals surface area contributed by atoms with Crippen LogP contribution in [0.3, 0.4) is 0 Å². The first-order valence-corrected chi connectivity index (χ1v) is 7.40. The second kappa shape index (κ2) is 5.51. The van der Waals surface area contributed by atoms with Crippen LogP contribution in [0.1, 0.15) is 32.3 Å². The summed E-state index contributed by atoms with van der Waals surface area (Å²) in [5.41, 5.74) is 5.79. The van der Waals surface area contributed by atoms with Gasteiger partial charge in [0.1, 0.15) is 11.4 Å². The SMILES string of the molecule is CC(C)Oc1ccc2c(c1)C(O)(CN)CCCS2. The third-order valence-corrected chi connectivity index (χ3v) is 4.31. The summed E-state index contributed by atoms with van der Waals surface area (Å²) in [5, 5.41) is 10.7. The van der Waals surface area contributed by atoms with Crippen molar-refractivity contribution in [2.75, 3.05) is 12.3 Å². The monoisotopic (exact) mass is 267 g/mol. The van der Waals surface area contributed by atoms with Crippen LogP contribution in [0, 0.1) is 0 Å². The number of nitrogens with two attached hydrogens (primary N) is 1. The maximum atomic E-state index is 10.7. The Morgan fingerprint density at radius 2 is 2.28 bits per heavy atom. The first-order chi connectivity index (χ1) is 8.55. The molecule has 0 spiro atoms. The molecule has 1 unspecified atom stereocenters. The molecule has 1 aliphatic heterocycles. The van der Waals surface area contributed by atoms with Gasteiger partial charge in [-0.2, -0.15) is 0 Å². The number of hydrogen-bond acceptors (Lipinski definition) is 4. The van der Waals surface area contributed by atoms with E-state index in [0.29, 0.717) is 6.42 Å². The summed E-state index contributed by atoms with van der Waals surface area (Å²) >= 11 is 1.78. The number of rotatable bonds is 3. The van der Waals surface area contributed by atoms with Crippen LogP contribution in [0.2, 0.25) is 0 Å². The van der Waals surface area contributed by atoms with E-state index in [1.807, 2.05) is 32.0 Å². The van der Waals surface area contributed by atoms with E-state index in [1.54, 1.807) is 11.8 Å². The van der Waals surface area contributed by atoms with E-state index in [4.69, 9.17) is 10.5 Å². The highest BCUT2D eigenvalue weighted by atomic mass is 32.2. The Morgan fingerprint density at radius 3 is 2.94 bits per heavy atom. The van der Waals surface area contributed by atoms with Crippen molar-refractivity contribution in [1.29, 1.82) is 0 Å². The van der Waals surface area contributed by atoms with Gasteiger partial charge in [-0.05, 0) is 50.6 Å². The highest BCUT2D eigenvalue weighted by Crippen LogP contribution is 2.40. The fourth-order valence-electron chi connectivity index (χ4n) is 2.24. The van der Waals surface area contributed by atoms with Crippen molar-refractivity contribution in [2.24, 2.45) is 5.73 Å². The Kier molecular flexibility index (Phi) is 4.20. The molecular weight excluding hydrogens is 246 g/mol. The van der Waals surface area contributed by atoms with Crippen molar-refractivity contribution in [3.8, 4) is 5.75 Å². The number of fused-ring (bicyclic) bond motifs is 1. The van der Waals surface area contributed by atoms with E-state index < -0.39 is 5.60 Å². The van der Waals surface area contributed by atoms with Crippen LogP contribution >= 0.6 is 11.8 Å². The summed E-state index contributed by atoms with van der Waals surface area (Å²) in [6.07, 6.45) is 1.83. The molecule has 0 saturated heterocycles. The van der Waals surface area contributed by atoms with Gasteiger partial charge in [-0.25, -0.2) is 0 Å². The summed E-state index contributed by atoms with van der Waals surface area (Å²) in [5.74, 6) is 1.83. The van der Waals surface area contributed by atoms with Gasteiger partial charge in [-0.15, -0.1) is 11.8 Å². The number of hydrogen-bond donors (Lipinski definition) is 2. The summed E-state index contributed by atoms with van der Waals surface area (Å²) in [6, 6.07) is 5.94. The molecule has 1 aromatic rings. The van der Waals surface area contributed by atoms with Gasteiger partial charge in [0.2, 0.25) is 0 Å². The van der Waals surface area contributed by atoms with Crippen molar-refractivity contribution < 1.29 is 9.84 Å². The fraction of sp³-hybridized carbons (Fsp3) is 0.571. The summed E-state index contributed by atoms with van der Waals surface area (Å²) in [4.78, 5) is 1.12. The van der Waals surface area contributed by atoms with Crippen molar-refractivity contribution in [3.63, 3.8) is 0 Å². The standard InChI is InChI=1S/C14H21NO2S/c1-10(2)17-11-4-5-13-12(8-11)14(16,9-15)6-3-7-18-13/h4-5,8,10,16H,3,6-7,9,15H2,1-2H3. The average molecular weight is 267 g/mol. The summed E-state index contributed by atoms with van der Waals surface area (Å²) in [6.45, 7) is 4.25. The Morgan fingerprint density at radius 1 is 1.50 bits per heavy atom. The zero-order valence-electron chi connectivity index (χ0n) is 11.0. The van der Waals surface area contributed by atoms with Crippen molar-refractivity contribution >= 4 is 11.8 Å². The third-order valence-electron chi connectivity index (χ3n) is 3.15. The van der Waals surface area contributed by atoms with Gasteiger partial charge in [-0.1, -0.05) is 0 Å². The van der Waals surface area contributed by atoms with E-state index in [0.717, 1.165) is 28.4 Å². The van der Waals surface area contributed by atoms with E-state index in [9.17, 15) is 5.11 Å². The first kappa shape index (κ1) is 13.7. The molecule has 4 heteroatoms. The van der Waals surface area contributed by atoms with Crippen molar-refractivity contribution in [1.82, 2.24) is 0 Å². The zero-order chi connectivity index (χ0) is 13.2. The number of aliphatic hydroxyl groups is 1. The molecule has 0 saturated carbocycles. The molecule has 18 heavy (non-hydrogen) atoms. The molecule has 0 aliphatic carbocycles. The smallest absolute Gasteiger partial charge is 0.120 e. The topological polar surface area (TPSA) is 55.5 Å². The average Bonchev–Trinajstić information content (AvgIpc) is 2.50. The van der Waals surface area contributed by atoms with Gasteiger partial charge in [0, 0.05) is 17.0 Å². The molecule has 1 atom stereocenters. The Hall–Kier alpha value is -0.710. The largest absolute Gasteiger partial charge is 0.491 e. The second-order valence-electron chi connectivity index (χ2n) is 5.01. The van der Waals surface area contributed by atoms with Crippen LogP contribution < -0.4 is 10.5 Å². The molecule has 3 N–H and O–H groups in total. The van der Waals surface area contributed by atoms with Gasteiger partial charge in [-0.3, -0.25) is 0 Å². The third kappa shape index (κ3) is 2.82. The van der Waals surface area contributed by atoms with Gasteiger partial charge in [0.25, 0.3) is 0 Å².